The van der Waals surface area contributed by atoms with Crippen LogP contribution in [0.4, 0.5) is 17.1 Å². The van der Waals surface area contributed by atoms with Crippen molar-refractivity contribution >= 4 is 60.5 Å². The number of nitrogens with zero attached hydrogens (tertiary/aromatic N) is 1. The minimum Gasteiger partial charge on any atom is -0.455 e. The summed E-state index contributed by atoms with van der Waals surface area (Å²) in [6.45, 7) is 0. The molecule has 1 heterocycles. The van der Waals surface area contributed by atoms with Gasteiger partial charge >= 0.3 is 0 Å². The SMILES string of the molecule is c1ccc(C2(c3ccccc3)c3ccccc3-c3ccc(N(c4ccc(-c5cccc6ccccc56)cc4)c4ccc(-c5cccc6ccccc56)c5oc6ccccc6c45)cc32)cc1. The molecule has 12 aromatic rings. The van der Waals surface area contributed by atoms with Gasteiger partial charge in [0.2, 0.25) is 0 Å². The maximum Gasteiger partial charge on any atom is 0.145 e. The van der Waals surface area contributed by atoms with Crippen LogP contribution in [0.15, 0.2) is 253 Å². The molecule has 2 nitrogen and oxygen atoms in total. The summed E-state index contributed by atoms with van der Waals surface area (Å²) in [6, 6.07) is 90.8. The third kappa shape index (κ3) is 5.67. The van der Waals surface area contributed by atoms with Crippen LogP contribution in [0.25, 0.3) is 76.9 Å². The second-order valence-electron chi connectivity index (χ2n) is 17.1. The Bertz CT molecular complexity index is 3720. The maximum absolute atomic E-state index is 7.01. The molecule has 0 bridgehead atoms. The van der Waals surface area contributed by atoms with E-state index in [9.17, 15) is 0 Å². The number of anilines is 3. The first-order valence-corrected chi connectivity index (χ1v) is 22.4. The summed E-state index contributed by atoms with van der Waals surface area (Å²) in [6.07, 6.45) is 0. The molecule has 304 valence electrons. The van der Waals surface area contributed by atoms with Crippen LogP contribution in [-0.2, 0) is 5.41 Å². The van der Waals surface area contributed by atoms with Crippen LogP contribution in [0.5, 0.6) is 0 Å². The summed E-state index contributed by atoms with van der Waals surface area (Å²) >= 11 is 0. The predicted molar refractivity (Wildman–Crippen MR) is 272 cm³/mol. The van der Waals surface area contributed by atoms with Crippen molar-refractivity contribution in [3.63, 3.8) is 0 Å². The fourth-order valence-electron chi connectivity index (χ4n) is 10.9. The van der Waals surface area contributed by atoms with E-state index in [4.69, 9.17) is 4.42 Å². The van der Waals surface area contributed by atoms with E-state index >= 15 is 0 Å². The van der Waals surface area contributed by atoms with Crippen molar-refractivity contribution in [3.05, 3.63) is 271 Å². The highest BCUT2D eigenvalue weighted by Gasteiger charge is 2.46. The second kappa shape index (κ2) is 14.8. The smallest absolute Gasteiger partial charge is 0.145 e. The van der Waals surface area contributed by atoms with Crippen molar-refractivity contribution in [2.24, 2.45) is 0 Å². The first-order valence-electron chi connectivity index (χ1n) is 22.4. The van der Waals surface area contributed by atoms with Gasteiger partial charge in [0, 0.05) is 22.3 Å². The average Bonchev–Trinajstić information content (AvgIpc) is 3.92. The maximum atomic E-state index is 7.01. The van der Waals surface area contributed by atoms with E-state index in [1.54, 1.807) is 0 Å². The Hall–Kier alpha value is -8.46. The zero-order valence-corrected chi connectivity index (χ0v) is 35.5. The normalized spacial score (nSPS) is 12.7. The zero-order chi connectivity index (χ0) is 42.9. The number of hydrogen-bond acceptors (Lipinski definition) is 2. The molecule has 0 unspecified atom stereocenters. The highest BCUT2D eigenvalue weighted by atomic mass is 16.3. The number of furan rings is 1. The molecule has 0 spiro atoms. The highest BCUT2D eigenvalue weighted by Crippen LogP contribution is 2.58. The topological polar surface area (TPSA) is 16.4 Å². The Morgan fingerprint density at radius 3 is 1.58 bits per heavy atom. The molecule has 11 aromatic carbocycles. The summed E-state index contributed by atoms with van der Waals surface area (Å²) in [7, 11) is 0. The Labute approximate surface area is 377 Å². The molecule has 1 aromatic heterocycles. The fraction of sp³-hybridized carbons (Fsp3) is 0.0159. The van der Waals surface area contributed by atoms with Gasteiger partial charge in [-0.15, -0.1) is 0 Å². The monoisotopic (exact) mass is 827 g/mol. The quantitative estimate of drug-likeness (QED) is 0.159. The van der Waals surface area contributed by atoms with Crippen LogP contribution < -0.4 is 4.90 Å². The van der Waals surface area contributed by atoms with E-state index in [0.717, 1.165) is 50.1 Å². The summed E-state index contributed by atoms with van der Waals surface area (Å²) in [4.78, 5) is 2.45. The molecular formula is C63H41NO. The van der Waals surface area contributed by atoms with Crippen LogP contribution in [0.1, 0.15) is 22.3 Å². The number of rotatable bonds is 7. The van der Waals surface area contributed by atoms with Crippen LogP contribution in [-0.4, -0.2) is 0 Å². The summed E-state index contributed by atoms with van der Waals surface area (Å²) < 4.78 is 7.01. The molecule has 0 fully saturated rings. The fourth-order valence-corrected chi connectivity index (χ4v) is 10.9. The van der Waals surface area contributed by atoms with Gasteiger partial charge in [0.15, 0.2) is 0 Å². The molecule has 0 N–H and O–H groups in total. The lowest BCUT2D eigenvalue weighted by molar-refractivity contribution is 0.670. The first kappa shape index (κ1) is 37.1. The molecule has 0 saturated carbocycles. The molecule has 65 heavy (non-hydrogen) atoms. The first-order chi connectivity index (χ1) is 32.3. The average molecular weight is 828 g/mol. The Balaban J connectivity index is 1.09. The molecule has 0 radical (unpaired) electrons. The van der Waals surface area contributed by atoms with Crippen LogP contribution >= 0.6 is 0 Å². The summed E-state index contributed by atoms with van der Waals surface area (Å²) in [5.74, 6) is 0. The lowest BCUT2D eigenvalue weighted by atomic mass is 9.67. The molecule has 0 atom stereocenters. The molecule has 2 heteroatoms. The lowest BCUT2D eigenvalue weighted by Gasteiger charge is -2.35. The van der Waals surface area contributed by atoms with Gasteiger partial charge in [-0.3, -0.25) is 0 Å². The molecule has 0 amide bonds. The van der Waals surface area contributed by atoms with Gasteiger partial charge in [0.05, 0.1) is 16.5 Å². The van der Waals surface area contributed by atoms with Crippen molar-refractivity contribution in [1.82, 2.24) is 0 Å². The van der Waals surface area contributed by atoms with E-state index < -0.39 is 5.41 Å². The number of hydrogen-bond donors (Lipinski definition) is 0. The van der Waals surface area contributed by atoms with Gasteiger partial charge < -0.3 is 9.32 Å². The van der Waals surface area contributed by atoms with E-state index in [1.807, 2.05) is 0 Å². The Morgan fingerprint density at radius 2 is 0.862 bits per heavy atom. The van der Waals surface area contributed by atoms with Gasteiger partial charge in [0.1, 0.15) is 11.2 Å². The van der Waals surface area contributed by atoms with Gasteiger partial charge in [-0.05, 0) is 114 Å². The summed E-state index contributed by atoms with van der Waals surface area (Å²) in [5.41, 5.74) is 16.5. The van der Waals surface area contributed by atoms with Gasteiger partial charge in [-0.25, -0.2) is 0 Å². The number of benzene rings is 11. The van der Waals surface area contributed by atoms with E-state index in [0.29, 0.717) is 0 Å². The molecule has 1 aliphatic carbocycles. The van der Waals surface area contributed by atoms with Gasteiger partial charge in [-0.2, -0.15) is 0 Å². The lowest BCUT2D eigenvalue weighted by Crippen LogP contribution is -2.28. The predicted octanol–water partition coefficient (Wildman–Crippen LogP) is 17.1. The van der Waals surface area contributed by atoms with Crippen molar-refractivity contribution in [1.29, 1.82) is 0 Å². The van der Waals surface area contributed by atoms with Crippen molar-refractivity contribution in [2.75, 3.05) is 4.90 Å². The van der Waals surface area contributed by atoms with Crippen molar-refractivity contribution in [3.8, 4) is 33.4 Å². The van der Waals surface area contributed by atoms with Gasteiger partial charge in [-0.1, -0.05) is 206 Å². The Morgan fingerprint density at radius 1 is 0.338 bits per heavy atom. The van der Waals surface area contributed by atoms with Crippen molar-refractivity contribution < 1.29 is 4.42 Å². The molecular weight excluding hydrogens is 787 g/mol. The number of fused-ring (bicyclic) bond motifs is 8. The van der Waals surface area contributed by atoms with E-state index in [-0.39, 0.29) is 0 Å². The molecule has 13 rings (SSSR count). The van der Waals surface area contributed by atoms with Crippen LogP contribution in [0.2, 0.25) is 0 Å². The van der Waals surface area contributed by atoms with E-state index in [1.165, 1.54) is 66.1 Å². The zero-order valence-electron chi connectivity index (χ0n) is 35.5. The third-order valence-electron chi connectivity index (χ3n) is 13.8. The Kier molecular flexibility index (Phi) is 8.47. The standard InChI is InChI=1S/C63H41NO/c1-3-21-45(22-4-1)63(46-23-5-2-6-24-46)57-31-13-11-27-53(57)54-38-37-48(41-58(54)63)64(47-35-33-44(34-36-47)50-29-15-19-42-17-7-9-25-49(42)50)59-40-39-55(52-30-16-20-43-18-8-10-26-51(43)52)62-61(59)56-28-12-14-32-60(56)65-62/h1-41H. The second-order valence-corrected chi connectivity index (χ2v) is 17.1. The van der Waals surface area contributed by atoms with Crippen LogP contribution in [0.3, 0.4) is 0 Å². The minimum absolute atomic E-state index is 0.551. The third-order valence-corrected chi connectivity index (χ3v) is 13.8. The van der Waals surface area contributed by atoms with Gasteiger partial charge in [0.25, 0.3) is 0 Å². The van der Waals surface area contributed by atoms with Crippen LogP contribution in [0, 0.1) is 0 Å². The highest BCUT2D eigenvalue weighted by molar-refractivity contribution is 6.18. The largest absolute Gasteiger partial charge is 0.455 e. The minimum atomic E-state index is -0.551. The number of para-hydroxylation sites is 1. The van der Waals surface area contributed by atoms with E-state index in [2.05, 4.69) is 254 Å². The molecule has 0 aliphatic heterocycles. The molecule has 0 saturated heterocycles. The summed E-state index contributed by atoms with van der Waals surface area (Å²) in [5, 5.41) is 7.02. The molecule has 1 aliphatic rings. The van der Waals surface area contributed by atoms with Crippen molar-refractivity contribution in [2.45, 2.75) is 5.41 Å².